The van der Waals surface area contributed by atoms with Crippen LogP contribution in [0.1, 0.15) is 84.1 Å². The summed E-state index contributed by atoms with van der Waals surface area (Å²) in [4.78, 5) is 9.13. The Labute approximate surface area is 172 Å². The molecule has 0 saturated carbocycles. The molecule has 0 aliphatic rings. The Hall–Kier alpha value is -1.90. The van der Waals surface area contributed by atoms with E-state index in [0.717, 1.165) is 36.6 Å². The molecule has 1 aromatic heterocycles. The summed E-state index contributed by atoms with van der Waals surface area (Å²) >= 11 is 0. The maximum atomic E-state index is 5.83. The topological polar surface area (TPSA) is 35.0 Å². The number of benzene rings is 1. The predicted molar refractivity (Wildman–Crippen MR) is 119 cm³/mol. The van der Waals surface area contributed by atoms with Crippen molar-refractivity contribution in [1.82, 2.24) is 9.97 Å². The normalized spacial score (nSPS) is 12.1. The van der Waals surface area contributed by atoms with Crippen molar-refractivity contribution < 1.29 is 4.74 Å². The van der Waals surface area contributed by atoms with Gasteiger partial charge < -0.3 is 4.74 Å². The second-order valence-electron chi connectivity index (χ2n) is 7.96. The summed E-state index contributed by atoms with van der Waals surface area (Å²) < 4.78 is 5.83. The van der Waals surface area contributed by atoms with Crippen molar-refractivity contribution in [2.24, 2.45) is 5.92 Å². The minimum absolute atomic E-state index is 0.715. The van der Waals surface area contributed by atoms with Crippen LogP contribution in [0.4, 0.5) is 0 Å². The highest BCUT2D eigenvalue weighted by Crippen LogP contribution is 2.20. The summed E-state index contributed by atoms with van der Waals surface area (Å²) in [6, 6.07) is 8.12. The van der Waals surface area contributed by atoms with E-state index in [1.807, 2.05) is 36.7 Å². The van der Waals surface area contributed by atoms with Crippen LogP contribution < -0.4 is 4.74 Å². The summed E-state index contributed by atoms with van der Waals surface area (Å²) in [7, 11) is 0. The van der Waals surface area contributed by atoms with E-state index in [4.69, 9.17) is 4.74 Å². The van der Waals surface area contributed by atoms with Crippen LogP contribution >= 0.6 is 0 Å². The fourth-order valence-electron chi connectivity index (χ4n) is 3.20. The molecule has 0 aliphatic carbocycles. The SMILES string of the molecule is CCCCCCCCCc1cnc(-c2ccc(OCCC(C)CC)cc2)nc1. The van der Waals surface area contributed by atoms with Crippen LogP contribution in [0, 0.1) is 5.92 Å². The van der Waals surface area contributed by atoms with Gasteiger partial charge in [-0.3, -0.25) is 0 Å². The maximum Gasteiger partial charge on any atom is 0.159 e. The highest BCUT2D eigenvalue weighted by atomic mass is 16.5. The second kappa shape index (κ2) is 13.3. The van der Waals surface area contributed by atoms with Gasteiger partial charge in [-0.1, -0.05) is 65.7 Å². The molecule has 154 valence electrons. The van der Waals surface area contributed by atoms with Gasteiger partial charge in [0, 0.05) is 18.0 Å². The molecule has 0 spiro atoms. The van der Waals surface area contributed by atoms with E-state index >= 15 is 0 Å². The van der Waals surface area contributed by atoms with Crippen molar-refractivity contribution in [1.29, 1.82) is 0 Å². The van der Waals surface area contributed by atoms with Crippen LogP contribution in [0.15, 0.2) is 36.7 Å². The van der Waals surface area contributed by atoms with Crippen LogP contribution in [0.5, 0.6) is 5.75 Å². The van der Waals surface area contributed by atoms with Crippen LogP contribution in [-0.4, -0.2) is 16.6 Å². The molecule has 2 aromatic rings. The minimum atomic E-state index is 0.715. The predicted octanol–water partition coefficient (Wildman–Crippen LogP) is 7.25. The van der Waals surface area contributed by atoms with E-state index in [1.165, 1.54) is 56.9 Å². The summed E-state index contributed by atoms with van der Waals surface area (Å²) in [6.07, 6.45) is 16.7. The molecule has 1 atom stereocenters. The molecule has 0 saturated heterocycles. The molecular formula is C25H38N2O. The van der Waals surface area contributed by atoms with E-state index in [9.17, 15) is 0 Å². The smallest absolute Gasteiger partial charge is 0.159 e. The summed E-state index contributed by atoms with van der Waals surface area (Å²) in [5.74, 6) is 2.42. The van der Waals surface area contributed by atoms with Gasteiger partial charge in [0.05, 0.1) is 6.61 Å². The Morgan fingerprint density at radius 3 is 2.14 bits per heavy atom. The summed E-state index contributed by atoms with van der Waals surface area (Å²) in [5.41, 5.74) is 2.28. The molecule has 0 amide bonds. The van der Waals surface area contributed by atoms with Crippen molar-refractivity contribution in [2.45, 2.75) is 85.0 Å². The van der Waals surface area contributed by atoms with Gasteiger partial charge >= 0.3 is 0 Å². The van der Waals surface area contributed by atoms with Crippen LogP contribution in [-0.2, 0) is 6.42 Å². The van der Waals surface area contributed by atoms with Gasteiger partial charge in [-0.25, -0.2) is 9.97 Å². The number of aryl methyl sites for hydroxylation is 1. The van der Waals surface area contributed by atoms with Crippen molar-refractivity contribution in [3.8, 4) is 17.1 Å². The van der Waals surface area contributed by atoms with Gasteiger partial charge in [-0.15, -0.1) is 0 Å². The van der Waals surface area contributed by atoms with E-state index in [0.29, 0.717) is 5.92 Å². The Balaban J connectivity index is 1.73. The number of unbranched alkanes of at least 4 members (excludes halogenated alkanes) is 6. The molecule has 1 aromatic carbocycles. The molecule has 0 N–H and O–H groups in total. The number of hydrogen-bond donors (Lipinski definition) is 0. The average Bonchev–Trinajstić information content (AvgIpc) is 2.74. The lowest BCUT2D eigenvalue weighted by Crippen LogP contribution is -2.03. The van der Waals surface area contributed by atoms with E-state index in [2.05, 4.69) is 30.7 Å². The standard InChI is InChI=1S/C25H38N2O/c1-4-6-7-8-9-10-11-12-22-19-26-25(27-20-22)23-13-15-24(16-14-23)28-18-17-21(3)5-2/h13-16,19-21H,4-12,17-18H2,1-3H3. The minimum Gasteiger partial charge on any atom is -0.494 e. The Bertz CT molecular complexity index is 637. The zero-order valence-corrected chi connectivity index (χ0v) is 18.1. The third-order valence-electron chi connectivity index (χ3n) is 5.46. The first kappa shape index (κ1) is 22.4. The van der Waals surface area contributed by atoms with Crippen LogP contribution in [0.3, 0.4) is 0 Å². The highest BCUT2D eigenvalue weighted by Gasteiger charge is 2.04. The number of hydrogen-bond acceptors (Lipinski definition) is 3. The lowest BCUT2D eigenvalue weighted by Gasteiger charge is -2.10. The van der Waals surface area contributed by atoms with Crippen molar-refractivity contribution in [2.75, 3.05) is 6.61 Å². The zero-order valence-electron chi connectivity index (χ0n) is 18.1. The Kier molecular flexibility index (Phi) is 10.6. The van der Waals surface area contributed by atoms with Crippen molar-refractivity contribution >= 4 is 0 Å². The first-order valence-electron chi connectivity index (χ1n) is 11.3. The maximum absolute atomic E-state index is 5.83. The lowest BCUT2D eigenvalue weighted by atomic mass is 10.1. The van der Waals surface area contributed by atoms with E-state index in [1.54, 1.807) is 0 Å². The molecule has 28 heavy (non-hydrogen) atoms. The second-order valence-corrected chi connectivity index (χ2v) is 7.96. The number of ether oxygens (including phenoxy) is 1. The van der Waals surface area contributed by atoms with Gasteiger partial charge in [0.15, 0.2) is 5.82 Å². The molecular weight excluding hydrogens is 344 g/mol. The Morgan fingerprint density at radius 2 is 1.50 bits per heavy atom. The molecule has 0 fully saturated rings. The molecule has 3 nitrogen and oxygen atoms in total. The summed E-state index contributed by atoms with van der Waals surface area (Å²) in [5, 5.41) is 0. The fraction of sp³-hybridized carbons (Fsp3) is 0.600. The first-order chi connectivity index (χ1) is 13.7. The molecule has 2 rings (SSSR count). The fourth-order valence-corrected chi connectivity index (χ4v) is 3.20. The van der Waals surface area contributed by atoms with Crippen molar-refractivity contribution in [3.05, 3.63) is 42.2 Å². The molecule has 0 aliphatic heterocycles. The Morgan fingerprint density at radius 1 is 0.857 bits per heavy atom. The van der Waals surface area contributed by atoms with Crippen LogP contribution in [0.2, 0.25) is 0 Å². The van der Waals surface area contributed by atoms with Gasteiger partial charge in [0.1, 0.15) is 5.75 Å². The van der Waals surface area contributed by atoms with Crippen molar-refractivity contribution in [3.63, 3.8) is 0 Å². The van der Waals surface area contributed by atoms with Gasteiger partial charge in [0.25, 0.3) is 0 Å². The van der Waals surface area contributed by atoms with Gasteiger partial charge in [0.2, 0.25) is 0 Å². The largest absolute Gasteiger partial charge is 0.494 e. The number of rotatable bonds is 14. The third kappa shape index (κ3) is 8.41. The van der Waals surface area contributed by atoms with E-state index in [-0.39, 0.29) is 0 Å². The van der Waals surface area contributed by atoms with Gasteiger partial charge in [-0.05, 0) is 55.0 Å². The molecule has 3 heteroatoms. The number of aromatic nitrogens is 2. The molecule has 0 bridgehead atoms. The molecule has 1 unspecified atom stereocenters. The van der Waals surface area contributed by atoms with E-state index < -0.39 is 0 Å². The average molecular weight is 383 g/mol. The quantitative estimate of drug-likeness (QED) is 0.323. The number of nitrogens with zero attached hydrogens (tertiary/aromatic N) is 2. The molecule has 1 heterocycles. The highest BCUT2D eigenvalue weighted by molar-refractivity contribution is 5.55. The van der Waals surface area contributed by atoms with Crippen LogP contribution in [0.25, 0.3) is 11.4 Å². The zero-order chi connectivity index (χ0) is 20.0. The van der Waals surface area contributed by atoms with Gasteiger partial charge in [-0.2, -0.15) is 0 Å². The monoisotopic (exact) mass is 382 g/mol. The third-order valence-corrected chi connectivity index (χ3v) is 5.46. The lowest BCUT2D eigenvalue weighted by molar-refractivity contribution is 0.282. The molecule has 0 radical (unpaired) electrons. The summed E-state index contributed by atoms with van der Waals surface area (Å²) in [6.45, 7) is 7.53. The first-order valence-corrected chi connectivity index (χ1v) is 11.3.